The number of hydrogen-bond donors (Lipinski definition) is 0. The SMILES string of the molecule is CC(C=CC=C(C)C=CC1=C(C)CCCC1(C)C)=CC=CC=C(C)C=CC=C(C)C(=O)OC[C@H](OC(=O)CCN1CCN(C)CC1)[C@@H](COC(=O)\C(C)=C/C=C/C(C)=C/C=C/C=C(C)/C=C/C=C(C)/C=C/C1=C(C)CCCC1(C)C)OC(=O)CCN1CCN(C)CC1. The molecule has 12 heteroatoms. The molecule has 2 aliphatic heterocycles. The van der Waals surface area contributed by atoms with Gasteiger partial charge in [0.2, 0.25) is 0 Å². The zero-order valence-corrected chi connectivity index (χ0v) is 59.2. The van der Waals surface area contributed by atoms with Gasteiger partial charge in [0, 0.05) is 76.6 Å². The van der Waals surface area contributed by atoms with Gasteiger partial charge >= 0.3 is 23.9 Å². The second kappa shape index (κ2) is 40.9. The first-order valence-electron chi connectivity index (χ1n) is 33.5. The number of allylic oxidation sites excluding steroid dienone is 34. The van der Waals surface area contributed by atoms with Crippen LogP contribution in [0.1, 0.15) is 148 Å². The summed E-state index contributed by atoms with van der Waals surface area (Å²) in [5.74, 6) is -2.42. The number of nitrogens with zero attached hydrogens (tertiary/aromatic N) is 4. The van der Waals surface area contributed by atoms with Crippen LogP contribution in [-0.4, -0.2) is 148 Å². The van der Waals surface area contributed by atoms with Crippen molar-refractivity contribution in [3.8, 4) is 0 Å². The summed E-state index contributed by atoms with van der Waals surface area (Å²) in [6, 6.07) is 0. The van der Waals surface area contributed by atoms with E-state index in [9.17, 15) is 19.2 Å². The van der Waals surface area contributed by atoms with E-state index < -0.39 is 49.3 Å². The molecule has 0 spiro atoms. The number of ether oxygens (including phenoxy) is 4. The molecular weight excluding hydrogens is 1140 g/mol. The van der Waals surface area contributed by atoms with Gasteiger partial charge in [-0.2, -0.15) is 0 Å². The molecule has 4 rings (SSSR count). The van der Waals surface area contributed by atoms with Crippen molar-refractivity contribution in [2.75, 3.05) is 92.8 Å². The molecule has 2 saturated heterocycles. The standard InChI is InChI=1S/C80H114N4O8/c1-61(31-21-33-65(5)41-43-71-67(7)39-25-47-79(71,11)12)27-17-19-29-63(3)35-23-37-69(9)77(87)89-59-73(91-75(85)45-49-83-55-51-81(15)52-56-83)74(92-76(86)46-50-84-57-53-82(16)54-58-84)60-90-78(88)70(10)38-24-36-64(4)30-20-18-28-62(2)32-22-34-66(6)42-44-72-68(8)40-26-48-80(72,13)14/h17-24,27-38,41-44,73-74H,25-26,39-40,45-60H2,1-16H3/b19-17+,20-18?,31-21+,32-22?,35-23+,36-24?,43-41+,44-42?,61-27+,62-28?,63-29+,64-30?,65-33+,66-34?,69-37-,70-38?/t73-,74+/m1/s1. The van der Waals surface area contributed by atoms with Gasteiger partial charge in [0.15, 0.2) is 12.2 Å². The van der Waals surface area contributed by atoms with Gasteiger partial charge in [-0.05, 0) is 144 Å². The average molecular weight is 1260 g/mol. The molecular formula is C80H114N4O8. The normalized spacial score (nSPS) is 20.7. The van der Waals surface area contributed by atoms with E-state index in [2.05, 4.69) is 176 Å². The Balaban J connectivity index is 1.43. The number of piperazine rings is 2. The minimum absolute atomic E-state index is 0.0582. The third-order valence-electron chi connectivity index (χ3n) is 17.5. The van der Waals surface area contributed by atoms with E-state index in [1.54, 1.807) is 38.2 Å². The Hall–Kier alpha value is -6.96. The zero-order valence-electron chi connectivity index (χ0n) is 59.2. The molecule has 0 N–H and O–H groups in total. The molecule has 12 nitrogen and oxygen atoms in total. The van der Waals surface area contributed by atoms with Crippen LogP contribution in [0.25, 0.3) is 0 Å². The fraction of sp³-hybridized carbons (Fsp3) is 0.500. The highest BCUT2D eigenvalue weighted by Gasteiger charge is 2.33. The van der Waals surface area contributed by atoms with Crippen molar-refractivity contribution >= 4 is 23.9 Å². The summed E-state index contributed by atoms with van der Waals surface area (Å²) >= 11 is 0. The number of carbonyl (C=O) groups is 4. The molecule has 4 aliphatic rings. The summed E-state index contributed by atoms with van der Waals surface area (Å²) in [4.78, 5) is 63.5. The van der Waals surface area contributed by atoms with Crippen LogP contribution < -0.4 is 0 Å². The summed E-state index contributed by atoms with van der Waals surface area (Å²) in [6.45, 7) is 36.3. The van der Waals surface area contributed by atoms with E-state index in [0.29, 0.717) is 24.2 Å². The van der Waals surface area contributed by atoms with Crippen LogP contribution in [0.5, 0.6) is 0 Å². The van der Waals surface area contributed by atoms with Crippen molar-refractivity contribution in [3.05, 3.63) is 213 Å². The molecule has 0 saturated carbocycles. The topological polar surface area (TPSA) is 118 Å². The van der Waals surface area contributed by atoms with E-state index in [1.165, 1.54) is 72.0 Å². The first-order valence-corrected chi connectivity index (χ1v) is 33.5. The minimum Gasteiger partial charge on any atom is -0.458 e. The summed E-state index contributed by atoms with van der Waals surface area (Å²) < 4.78 is 23.7. The first-order chi connectivity index (χ1) is 43.7. The summed E-state index contributed by atoms with van der Waals surface area (Å²) in [7, 11) is 4.14. The smallest absolute Gasteiger partial charge is 0.333 e. The van der Waals surface area contributed by atoms with Crippen molar-refractivity contribution in [2.45, 2.75) is 161 Å². The molecule has 2 fully saturated rings. The van der Waals surface area contributed by atoms with E-state index in [1.807, 2.05) is 62.5 Å². The molecule has 0 bridgehead atoms. The minimum atomic E-state index is -1.29. The molecule has 0 radical (unpaired) electrons. The molecule has 2 heterocycles. The average Bonchev–Trinajstić information content (AvgIpc) is 0.866. The van der Waals surface area contributed by atoms with Crippen molar-refractivity contribution in [2.24, 2.45) is 10.8 Å². The highest BCUT2D eigenvalue weighted by Crippen LogP contribution is 2.42. The third kappa shape index (κ3) is 30.6. The van der Waals surface area contributed by atoms with Crippen molar-refractivity contribution in [1.29, 1.82) is 0 Å². The van der Waals surface area contributed by atoms with Gasteiger partial charge in [0.05, 0.1) is 12.8 Å². The van der Waals surface area contributed by atoms with E-state index >= 15 is 0 Å². The van der Waals surface area contributed by atoms with Crippen molar-refractivity contribution in [1.82, 2.24) is 19.6 Å². The summed E-state index contributed by atoms with van der Waals surface area (Å²) in [5, 5.41) is 0. The van der Waals surface area contributed by atoms with Crippen LogP contribution >= 0.6 is 0 Å². The Labute approximate surface area is 555 Å². The zero-order chi connectivity index (χ0) is 67.6. The van der Waals surface area contributed by atoms with Crippen LogP contribution in [-0.2, 0) is 38.1 Å². The van der Waals surface area contributed by atoms with Gasteiger partial charge in [0.25, 0.3) is 0 Å². The highest BCUT2D eigenvalue weighted by atomic mass is 16.6. The van der Waals surface area contributed by atoms with Crippen LogP contribution in [0, 0.1) is 10.8 Å². The molecule has 92 heavy (non-hydrogen) atoms. The number of carbonyl (C=O) groups excluding carboxylic acids is 4. The largest absolute Gasteiger partial charge is 0.458 e. The molecule has 0 aromatic rings. The lowest BCUT2D eigenvalue weighted by Crippen LogP contribution is -2.46. The van der Waals surface area contributed by atoms with Crippen LogP contribution in [0.2, 0.25) is 0 Å². The number of esters is 4. The monoisotopic (exact) mass is 1260 g/mol. The van der Waals surface area contributed by atoms with Crippen LogP contribution in [0.3, 0.4) is 0 Å². The summed E-state index contributed by atoms with van der Waals surface area (Å²) in [6.07, 6.45) is 53.1. The molecule has 0 unspecified atom stereocenters. The van der Waals surface area contributed by atoms with Crippen molar-refractivity contribution in [3.63, 3.8) is 0 Å². The van der Waals surface area contributed by atoms with Gasteiger partial charge in [0.1, 0.15) is 13.2 Å². The number of likely N-dealkylation sites (N-methyl/N-ethyl adjacent to an activating group) is 2. The predicted molar refractivity (Wildman–Crippen MR) is 383 cm³/mol. The number of hydrogen-bond acceptors (Lipinski definition) is 12. The molecule has 2 aliphatic carbocycles. The Morgan fingerprint density at radius 1 is 0.424 bits per heavy atom. The summed E-state index contributed by atoms with van der Waals surface area (Å²) in [5.41, 5.74) is 13.5. The second-order valence-electron chi connectivity index (χ2n) is 26.9. The van der Waals surface area contributed by atoms with Crippen LogP contribution in [0.4, 0.5) is 0 Å². The van der Waals surface area contributed by atoms with E-state index in [-0.39, 0.29) is 23.7 Å². The highest BCUT2D eigenvalue weighted by molar-refractivity contribution is 5.88. The Kier molecular flexibility index (Phi) is 34.4. The Morgan fingerprint density at radius 3 is 1.03 bits per heavy atom. The molecule has 0 amide bonds. The van der Waals surface area contributed by atoms with Gasteiger partial charge in [-0.3, -0.25) is 9.59 Å². The first kappa shape index (κ1) is 77.5. The lowest BCUT2D eigenvalue weighted by molar-refractivity contribution is -0.181. The maximum absolute atomic E-state index is 13.7. The predicted octanol–water partition coefficient (Wildman–Crippen LogP) is 16.2. The van der Waals surface area contributed by atoms with Gasteiger partial charge in [-0.1, -0.05) is 218 Å². The maximum Gasteiger partial charge on any atom is 0.333 e. The third-order valence-corrected chi connectivity index (χ3v) is 17.5. The maximum atomic E-state index is 13.7. The Bertz CT molecular complexity index is 2850. The van der Waals surface area contributed by atoms with Crippen LogP contribution in [0.15, 0.2) is 213 Å². The molecule has 2 atom stereocenters. The van der Waals surface area contributed by atoms with Crippen molar-refractivity contribution < 1.29 is 38.1 Å². The molecule has 0 aromatic heterocycles. The van der Waals surface area contributed by atoms with E-state index in [0.717, 1.165) is 74.7 Å². The second-order valence-corrected chi connectivity index (χ2v) is 26.9. The fourth-order valence-corrected chi connectivity index (χ4v) is 11.2. The fourth-order valence-electron chi connectivity index (χ4n) is 11.2. The lowest BCUT2D eigenvalue weighted by atomic mass is 9.72. The van der Waals surface area contributed by atoms with Gasteiger partial charge in [-0.25, -0.2) is 9.59 Å². The van der Waals surface area contributed by atoms with Gasteiger partial charge < -0.3 is 38.5 Å². The number of rotatable bonds is 31. The van der Waals surface area contributed by atoms with E-state index in [4.69, 9.17) is 18.9 Å². The van der Waals surface area contributed by atoms with Gasteiger partial charge in [-0.15, -0.1) is 0 Å². The lowest BCUT2D eigenvalue weighted by Gasteiger charge is -2.33. The molecule has 0 aromatic carbocycles. The molecule has 502 valence electrons. The Morgan fingerprint density at radius 2 is 0.717 bits per heavy atom. The quantitative estimate of drug-likeness (QED) is 0.0285.